The van der Waals surface area contributed by atoms with Gasteiger partial charge in [0.05, 0.1) is 25.1 Å². The van der Waals surface area contributed by atoms with Crippen LogP contribution in [0.3, 0.4) is 0 Å². The van der Waals surface area contributed by atoms with Gasteiger partial charge in [0.25, 0.3) is 5.91 Å². The molecular formula is C19H20N2O6. The summed E-state index contributed by atoms with van der Waals surface area (Å²) in [6, 6.07) is 12.8. The highest BCUT2D eigenvalue weighted by molar-refractivity contribution is 6.06. The number of anilines is 1. The number of carbonyl (C=O) groups excluding carboxylic acids is 2. The van der Waals surface area contributed by atoms with Crippen LogP contribution >= 0.6 is 0 Å². The number of esters is 1. The summed E-state index contributed by atoms with van der Waals surface area (Å²) in [5.41, 5.74) is 0.391. The lowest BCUT2D eigenvalue weighted by Gasteiger charge is -2.22. The number of methoxy groups -OCH3 is 1. The number of rotatable bonds is 8. The summed E-state index contributed by atoms with van der Waals surface area (Å²) in [7, 11) is 1.32. The molecule has 0 aliphatic heterocycles. The van der Waals surface area contributed by atoms with E-state index >= 15 is 0 Å². The van der Waals surface area contributed by atoms with Gasteiger partial charge >= 0.3 is 11.7 Å². The van der Waals surface area contributed by atoms with Gasteiger partial charge in [0.1, 0.15) is 0 Å². The van der Waals surface area contributed by atoms with E-state index in [2.05, 4.69) is 0 Å². The summed E-state index contributed by atoms with van der Waals surface area (Å²) in [5.74, 6) is -0.822. The average molecular weight is 372 g/mol. The molecule has 0 aliphatic rings. The lowest BCUT2D eigenvalue weighted by Crippen LogP contribution is -2.33. The highest BCUT2D eigenvalue weighted by Crippen LogP contribution is 2.29. The first kappa shape index (κ1) is 19.9. The summed E-state index contributed by atoms with van der Waals surface area (Å²) in [4.78, 5) is 36.7. The molecule has 0 saturated carbocycles. The van der Waals surface area contributed by atoms with Gasteiger partial charge in [0.2, 0.25) is 0 Å². The zero-order valence-electron chi connectivity index (χ0n) is 15.1. The Morgan fingerprint density at radius 3 is 2.44 bits per heavy atom. The molecule has 0 aliphatic carbocycles. The van der Waals surface area contributed by atoms with Crippen molar-refractivity contribution in [1.82, 2.24) is 0 Å². The molecular weight excluding hydrogens is 352 g/mol. The second-order valence-corrected chi connectivity index (χ2v) is 5.49. The van der Waals surface area contributed by atoms with Crippen LogP contribution in [0, 0.1) is 10.1 Å². The standard InChI is InChI=1S/C19H20N2O6/c1-3-27-18(22)11-12-20(15-7-5-4-6-8-15)19(23)14-9-10-17(26-2)16(13-14)21(24)25/h4-10,13H,3,11-12H2,1-2H3. The van der Waals surface area contributed by atoms with Gasteiger partial charge in [-0.05, 0) is 31.2 Å². The van der Waals surface area contributed by atoms with Gasteiger partial charge in [-0.2, -0.15) is 0 Å². The van der Waals surface area contributed by atoms with E-state index in [1.807, 2.05) is 0 Å². The van der Waals surface area contributed by atoms with Crippen molar-refractivity contribution in [1.29, 1.82) is 0 Å². The maximum absolute atomic E-state index is 13.0. The van der Waals surface area contributed by atoms with Crippen molar-refractivity contribution in [3.05, 3.63) is 64.2 Å². The fourth-order valence-corrected chi connectivity index (χ4v) is 2.51. The van der Waals surface area contributed by atoms with Crippen molar-refractivity contribution < 1.29 is 24.0 Å². The summed E-state index contributed by atoms with van der Waals surface area (Å²) in [6.07, 6.45) is 0.00667. The van der Waals surface area contributed by atoms with Crippen LogP contribution in [-0.4, -0.2) is 37.1 Å². The fraction of sp³-hybridized carbons (Fsp3) is 0.263. The number of amides is 1. The maximum Gasteiger partial charge on any atom is 0.311 e. The van der Waals surface area contributed by atoms with E-state index in [-0.39, 0.29) is 36.6 Å². The highest BCUT2D eigenvalue weighted by Gasteiger charge is 2.23. The van der Waals surface area contributed by atoms with Crippen LogP contribution in [0.4, 0.5) is 11.4 Å². The predicted octanol–water partition coefficient (Wildman–Crippen LogP) is 3.20. The van der Waals surface area contributed by atoms with E-state index in [0.29, 0.717) is 5.69 Å². The smallest absolute Gasteiger partial charge is 0.311 e. The quantitative estimate of drug-likeness (QED) is 0.401. The van der Waals surface area contributed by atoms with Crippen LogP contribution in [0.25, 0.3) is 0 Å². The number of nitrogens with zero attached hydrogens (tertiary/aromatic N) is 2. The Labute approximate surface area is 156 Å². The summed E-state index contributed by atoms with van der Waals surface area (Å²) >= 11 is 0. The Morgan fingerprint density at radius 1 is 1.15 bits per heavy atom. The Morgan fingerprint density at radius 2 is 1.85 bits per heavy atom. The molecule has 0 fully saturated rings. The third-order valence-electron chi connectivity index (χ3n) is 3.78. The molecule has 0 atom stereocenters. The lowest BCUT2D eigenvalue weighted by molar-refractivity contribution is -0.385. The molecule has 2 rings (SSSR count). The highest BCUT2D eigenvalue weighted by atomic mass is 16.6. The summed E-state index contributed by atoms with van der Waals surface area (Å²) < 4.78 is 9.88. The number of para-hydroxylation sites is 1. The van der Waals surface area contributed by atoms with Crippen molar-refractivity contribution in [3.63, 3.8) is 0 Å². The Kier molecular flexibility index (Phi) is 6.87. The van der Waals surface area contributed by atoms with Gasteiger partial charge in [-0.3, -0.25) is 19.7 Å². The molecule has 0 spiro atoms. The van der Waals surface area contributed by atoms with E-state index in [0.717, 1.165) is 0 Å². The normalized spacial score (nSPS) is 10.1. The molecule has 8 heteroatoms. The van der Waals surface area contributed by atoms with Crippen LogP contribution in [0.2, 0.25) is 0 Å². The molecule has 0 saturated heterocycles. The van der Waals surface area contributed by atoms with Gasteiger partial charge in [0, 0.05) is 23.9 Å². The minimum atomic E-state index is -0.610. The molecule has 0 radical (unpaired) electrons. The minimum absolute atomic E-state index is 0.00667. The molecule has 0 unspecified atom stereocenters. The molecule has 0 bridgehead atoms. The molecule has 27 heavy (non-hydrogen) atoms. The van der Waals surface area contributed by atoms with Gasteiger partial charge in [-0.1, -0.05) is 18.2 Å². The van der Waals surface area contributed by atoms with Crippen LogP contribution in [0.1, 0.15) is 23.7 Å². The van der Waals surface area contributed by atoms with E-state index in [1.165, 1.54) is 30.2 Å². The molecule has 2 aromatic rings. The largest absolute Gasteiger partial charge is 0.490 e. The first-order valence-corrected chi connectivity index (χ1v) is 8.32. The number of hydrogen-bond acceptors (Lipinski definition) is 6. The third-order valence-corrected chi connectivity index (χ3v) is 3.78. The van der Waals surface area contributed by atoms with Gasteiger partial charge in [0.15, 0.2) is 5.75 Å². The number of hydrogen-bond donors (Lipinski definition) is 0. The first-order chi connectivity index (χ1) is 13.0. The number of nitro groups is 1. The summed E-state index contributed by atoms with van der Waals surface area (Å²) in [5, 5.41) is 11.2. The van der Waals surface area contributed by atoms with Gasteiger partial charge in [-0.15, -0.1) is 0 Å². The lowest BCUT2D eigenvalue weighted by atomic mass is 10.1. The van der Waals surface area contributed by atoms with Crippen molar-refractivity contribution in [2.75, 3.05) is 25.2 Å². The molecule has 0 N–H and O–H groups in total. The van der Waals surface area contributed by atoms with E-state index < -0.39 is 16.8 Å². The van der Waals surface area contributed by atoms with Crippen molar-refractivity contribution in [2.45, 2.75) is 13.3 Å². The Bertz CT molecular complexity index is 822. The number of nitro benzene ring substituents is 1. The predicted molar refractivity (Wildman–Crippen MR) is 99.0 cm³/mol. The molecule has 0 aromatic heterocycles. The molecule has 2 aromatic carbocycles. The Balaban J connectivity index is 2.34. The number of benzene rings is 2. The second kappa shape index (κ2) is 9.33. The number of ether oxygens (including phenoxy) is 2. The van der Waals surface area contributed by atoms with Crippen LogP contribution in [0.5, 0.6) is 5.75 Å². The summed E-state index contributed by atoms with van der Waals surface area (Å²) in [6.45, 7) is 2.04. The Hall–Kier alpha value is -3.42. The number of carbonyl (C=O) groups is 2. The maximum atomic E-state index is 13.0. The van der Waals surface area contributed by atoms with E-state index in [4.69, 9.17) is 9.47 Å². The fourth-order valence-electron chi connectivity index (χ4n) is 2.51. The average Bonchev–Trinajstić information content (AvgIpc) is 2.68. The first-order valence-electron chi connectivity index (χ1n) is 8.32. The molecule has 1 amide bonds. The zero-order chi connectivity index (χ0) is 19.8. The van der Waals surface area contributed by atoms with Crippen LogP contribution < -0.4 is 9.64 Å². The van der Waals surface area contributed by atoms with E-state index in [1.54, 1.807) is 37.3 Å². The van der Waals surface area contributed by atoms with Crippen molar-refractivity contribution in [2.24, 2.45) is 0 Å². The zero-order valence-corrected chi connectivity index (χ0v) is 15.1. The SMILES string of the molecule is CCOC(=O)CCN(C(=O)c1ccc(OC)c([N+](=O)[O-])c1)c1ccccc1. The monoisotopic (exact) mass is 372 g/mol. The van der Waals surface area contributed by atoms with Gasteiger partial charge < -0.3 is 14.4 Å². The van der Waals surface area contributed by atoms with Crippen LogP contribution in [0.15, 0.2) is 48.5 Å². The minimum Gasteiger partial charge on any atom is -0.490 e. The molecule has 142 valence electrons. The van der Waals surface area contributed by atoms with Crippen molar-refractivity contribution >= 4 is 23.3 Å². The van der Waals surface area contributed by atoms with Crippen LogP contribution in [-0.2, 0) is 9.53 Å². The molecule has 0 heterocycles. The van der Waals surface area contributed by atoms with Crippen molar-refractivity contribution in [3.8, 4) is 5.75 Å². The second-order valence-electron chi connectivity index (χ2n) is 5.49. The third kappa shape index (κ3) is 5.04. The van der Waals surface area contributed by atoms with Gasteiger partial charge in [-0.25, -0.2) is 0 Å². The topological polar surface area (TPSA) is 99.0 Å². The van der Waals surface area contributed by atoms with E-state index in [9.17, 15) is 19.7 Å². The molecule has 8 nitrogen and oxygen atoms in total.